The van der Waals surface area contributed by atoms with E-state index in [0.29, 0.717) is 13.1 Å². The zero-order valence-electron chi connectivity index (χ0n) is 38.9. The largest absolute Gasteiger partial charge is 0.467 e. The highest BCUT2D eigenvalue weighted by Gasteiger charge is 2.78. The van der Waals surface area contributed by atoms with E-state index in [1.54, 1.807) is 56.5 Å². The number of benzene rings is 1. The number of ketones is 1. The second-order valence-corrected chi connectivity index (χ2v) is 20.1. The van der Waals surface area contributed by atoms with Crippen LogP contribution in [0.1, 0.15) is 92.6 Å². The third-order valence-corrected chi connectivity index (χ3v) is 15.9. The van der Waals surface area contributed by atoms with Gasteiger partial charge < -0.3 is 53.6 Å². The first kappa shape index (κ1) is 49.0. The van der Waals surface area contributed by atoms with Crippen LogP contribution in [0.25, 0.3) is 0 Å². The normalized spacial score (nSPS) is 31.9. The van der Waals surface area contributed by atoms with E-state index in [-0.39, 0.29) is 53.5 Å². The maximum atomic E-state index is 16.0. The van der Waals surface area contributed by atoms with E-state index in [4.69, 9.17) is 28.1 Å². The highest BCUT2D eigenvalue weighted by molar-refractivity contribution is 7.12. The fourth-order valence-electron chi connectivity index (χ4n) is 11.2. The van der Waals surface area contributed by atoms with Crippen molar-refractivity contribution >= 4 is 47.0 Å². The minimum Gasteiger partial charge on any atom is -0.467 e. The Balaban J connectivity index is 1.28. The average Bonchev–Trinajstić information content (AvgIpc) is 4.06. The Morgan fingerprint density at radius 2 is 1.69 bits per heavy atom. The van der Waals surface area contributed by atoms with Crippen LogP contribution >= 0.6 is 11.3 Å². The second kappa shape index (κ2) is 18.8. The van der Waals surface area contributed by atoms with Crippen molar-refractivity contribution in [1.29, 1.82) is 0 Å². The van der Waals surface area contributed by atoms with Gasteiger partial charge in [-0.3, -0.25) is 19.3 Å². The van der Waals surface area contributed by atoms with Crippen LogP contribution in [0.4, 0.5) is 4.79 Å². The Morgan fingerprint density at radius 1 is 0.971 bits per heavy atom. The fourth-order valence-corrected chi connectivity index (χ4v) is 11.9. The molecule has 18 nitrogen and oxygen atoms in total. The van der Waals surface area contributed by atoms with E-state index < -0.39 is 113 Å². The van der Waals surface area contributed by atoms with E-state index in [1.807, 2.05) is 0 Å². The van der Waals surface area contributed by atoms with Crippen molar-refractivity contribution in [2.75, 3.05) is 39.3 Å². The molecule has 5 aliphatic rings. The summed E-state index contributed by atoms with van der Waals surface area (Å²) in [6, 6.07) is 12.6. The van der Waals surface area contributed by atoms with E-state index in [2.05, 4.69) is 17.1 Å². The lowest BCUT2D eigenvalue weighted by Crippen LogP contribution is -2.82. The lowest BCUT2D eigenvalue weighted by Gasteiger charge is -2.67. The van der Waals surface area contributed by atoms with Gasteiger partial charge in [0.25, 0.3) is 5.91 Å². The summed E-state index contributed by atoms with van der Waals surface area (Å²) in [7, 11) is 0. The molecule has 4 N–H and O–H groups in total. The van der Waals surface area contributed by atoms with Crippen LogP contribution in [0.3, 0.4) is 0 Å². The first-order valence-electron chi connectivity index (χ1n) is 23.0. The van der Waals surface area contributed by atoms with Gasteiger partial charge in [0, 0.05) is 51.4 Å². The molecule has 0 spiro atoms. The molecule has 1 aromatic carbocycles. The number of amides is 2. The molecule has 11 atom stereocenters. The number of esters is 3. The van der Waals surface area contributed by atoms with Gasteiger partial charge in [-0.1, -0.05) is 45.0 Å². The van der Waals surface area contributed by atoms with E-state index >= 15 is 4.79 Å². The number of carbonyl (C=O) groups excluding carboxylic acids is 6. The smallest absolute Gasteiger partial charge is 0.410 e. The van der Waals surface area contributed by atoms with Crippen molar-refractivity contribution in [3.8, 4) is 0 Å². The topological polar surface area (TPSA) is 241 Å². The first-order valence-corrected chi connectivity index (χ1v) is 23.8. The van der Waals surface area contributed by atoms with Gasteiger partial charge in [0.2, 0.25) is 0 Å². The summed E-state index contributed by atoms with van der Waals surface area (Å²) in [6.45, 7) is 11.5. The summed E-state index contributed by atoms with van der Waals surface area (Å²) in [4.78, 5) is 89.8. The summed E-state index contributed by atoms with van der Waals surface area (Å²) >= 11 is 1.13. The monoisotopic (exact) mass is 961 g/mol. The van der Waals surface area contributed by atoms with Crippen molar-refractivity contribution in [2.45, 2.75) is 115 Å². The molecule has 366 valence electrons. The zero-order chi connectivity index (χ0) is 48.9. The number of aliphatic hydroxyl groups is 3. The van der Waals surface area contributed by atoms with E-state index in [0.717, 1.165) is 31.2 Å². The average molecular weight is 962 g/mol. The molecule has 4 fully saturated rings. The van der Waals surface area contributed by atoms with Gasteiger partial charge in [-0.05, 0) is 73.7 Å². The summed E-state index contributed by atoms with van der Waals surface area (Å²) in [6.07, 6.45) is -9.42. The van der Waals surface area contributed by atoms with Crippen LogP contribution in [-0.2, 0) is 38.1 Å². The van der Waals surface area contributed by atoms with Crippen molar-refractivity contribution < 1.29 is 72.2 Å². The lowest BCUT2D eigenvalue weighted by atomic mass is 9.44. The molecule has 2 saturated heterocycles. The minimum absolute atomic E-state index is 0.00348. The molecular weight excluding hydrogens is 903 g/mol. The molecule has 68 heavy (non-hydrogen) atoms. The summed E-state index contributed by atoms with van der Waals surface area (Å²) in [5.41, 5.74) is -7.80. The summed E-state index contributed by atoms with van der Waals surface area (Å²) in [5.74, 6) is -6.02. The number of hydrogen-bond acceptors (Lipinski definition) is 17. The third kappa shape index (κ3) is 8.33. The molecule has 2 saturated carbocycles. The van der Waals surface area contributed by atoms with Crippen LogP contribution in [-0.4, -0.2) is 148 Å². The number of rotatable bonds is 12. The quantitative estimate of drug-likeness (QED) is 0.114. The molecule has 2 unspecified atom stereocenters. The highest BCUT2D eigenvalue weighted by atomic mass is 32.1. The van der Waals surface area contributed by atoms with Gasteiger partial charge in [0.1, 0.15) is 35.7 Å². The minimum atomic E-state index is -2.43. The number of piperazine rings is 1. The fraction of sp³-hybridized carbons (Fsp3) is 0.551. The number of nitrogens with one attached hydrogen (secondary N) is 1. The second-order valence-electron chi connectivity index (χ2n) is 19.2. The Bertz CT molecular complexity index is 2420. The summed E-state index contributed by atoms with van der Waals surface area (Å²) < 4.78 is 36.6. The molecule has 2 aromatic heterocycles. The Kier molecular flexibility index (Phi) is 13.6. The van der Waals surface area contributed by atoms with Crippen molar-refractivity contribution in [1.82, 2.24) is 15.1 Å². The number of fused-ring (bicyclic) bond motifs is 5. The van der Waals surface area contributed by atoms with Crippen LogP contribution in [0.5, 0.6) is 0 Å². The number of Topliss-reactive ketones (excluding diaryl/α,β-unsaturated/α-hetero) is 1. The molecule has 0 radical (unpaired) electrons. The van der Waals surface area contributed by atoms with Crippen molar-refractivity contribution in [3.05, 3.63) is 93.6 Å². The lowest BCUT2D eigenvalue weighted by molar-refractivity contribution is -0.345. The SMILES string of the molecule is CCCN1CCN(C(=O)O[C@H]2C(=O)[C@@]3(C)C(C(OC(=O)c4ccccc4)[C@]4(O)C[C@H](OC(=O)[C@H](O)[C@H](NC(=O)c5cccs5)c5ccco5)C(C)=C2C4(C)C)[C@]2(OC(C)=O)CO[C@@H]2C[C@@H]3O)CC1. The number of carbonyl (C=O) groups is 6. The van der Waals surface area contributed by atoms with Crippen LogP contribution in [0.15, 0.2) is 81.8 Å². The van der Waals surface area contributed by atoms with Gasteiger partial charge in [-0.25, -0.2) is 14.4 Å². The zero-order valence-corrected chi connectivity index (χ0v) is 39.7. The standard InChI is InChI=1S/C49H59N3O15S/c1-7-17-51-18-20-52(21-19-51)45(60)65-38-35-27(2)31(64-44(59)37(55)36(30-15-11-22-62-30)50-42(57)32-16-12-23-68-32)25-49(61,46(35,4)5)41(66-43(58)29-13-9-8-10-14-29)39-47(6,40(38)56)33(54)24-34-48(39,26-63-34)67-28(3)53/h8-16,22-23,31,33-34,36-39,41,54-55,61H,7,17-21,24-26H2,1-6H3,(H,50,57)/t31-,33-,34+,36+,37+,38+,39?,41?,47+,48-,49+/m0/s1. The first-order chi connectivity index (χ1) is 32.3. The Morgan fingerprint density at radius 3 is 2.29 bits per heavy atom. The molecule has 3 aromatic rings. The Labute approximate surface area is 397 Å². The van der Waals surface area contributed by atoms with E-state index in [9.17, 15) is 39.3 Å². The molecule has 2 bridgehead atoms. The number of hydrogen-bond donors (Lipinski definition) is 4. The maximum absolute atomic E-state index is 16.0. The predicted octanol–water partition coefficient (Wildman–Crippen LogP) is 3.99. The van der Waals surface area contributed by atoms with Crippen LogP contribution in [0, 0.1) is 16.7 Å². The molecule has 19 heteroatoms. The molecule has 4 heterocycles. The molecular formula is C49H59N3O15S. The van der Waals surface area contributed by atoms with Gasteiger partial charge in [-0.2, -0.15) is 0 Å². The summed E-state index contributed by atoms with van der Waals surface area (Å²) in [5, 5.41) is 42.4. The van der Waals surface area contributed by atoms with Gasteiger partial charge in [0.15, 0.2) is 23.6 Å². The van der Waals surface area contributed by atoms with Crippen LogP contribution < -0.4 is 5.32 Å². The highest BCUT2D eigenvalue weighted by Crippen LogP contribution is 2.64. The maximum Gasteiger partial charge on any atom is 0.410 e. The molecule has 2 aliphatic heterocycles. The number of thiophene rings is 1. The Hall–Kier alpha value is -5.44. The molecule has 3 aliphatic carbocycles. The van der Waals surface area contributed by atoms with Gasteiger partial charge in [0.05, 0.1) is 40.7 Å². The van der Waals surface area contributed by atoms with Crippen molar-refractivity contribution in [3.63, 3.8) is 0 Å². The van der Waals surface area contributed by atoms with Gasteiger partial charge >= 0.3 is 24.0 Å². The van der Waals surface area contributed by atoms with Gasteiger partial charge in [-0.15, -0.1) is 11.3 Å². The molecule has 2 amide bonds. The van der Waals surface area contributed by atoms with E-state index in [1.165, 1.54) is 42.4 Å². The molecule has 8 rings (SSSR count). The predicted molar refractivity (Wildman–Crippen MR) is 241 cm³/mol. The van der Waals surface area contributed by atoms with Crippen LogP contribution in [0.2, 0.25) is 0 Å². The number of ether oxygens (including phenoxy) is 5. The van der Waals surface area contributed by atoms with Crippen molar-refractivity contribution in [2.24, 2.45) is 16.7 Å². The number of furan rings is 1. The third-order valence-electron chi connectivity index (χ3n) is 15.0. The number of aliphatic hydroxyl groups excluding tert-OH is 2. The number of nitrogens with zero attached hydrogens (tertiary/aromatic N) is 2.